The first kappa shape index (κ1) is 58.1. The van der Waals surface area contributed by atoms with Crippen LogP contribution in [0.15, 0.2) is 60.8 Å². The predicted octanol–water partition coefficient (Wildman–Crippen LogP) is 16.9. The molecule has 0 aliphatic carbocycles. The maximum Gasteiger partial charge on any atom is 0.306 e. The van der Waals surface area contributed by atoms with Crippen molar-refractivity contribution >= 4 is 17.9 Å². The van der Waals surface area contributed by atoms with Crippen molar-refractivity contribution in [2.24, 2.45) is 0 Å². The molecule has 0 N–H and O–H groups in total. The number of carbonyl (C=O) groups is 3. The van der Waals surface area contributed by atoms with Crippen LogP contribution in [0.4, 0.5) is 0 Å². The zero-order valence-electron chi connectivity index (χ0n) is 40.2. The fourth-order valence-corrected chi connectivity index (χ4v) is 7.12. The Morgan fingerprint density at radius 2 is 0.656 bits per heavy atom. The van der Waals surface area contributed by atoms with E-state index in [4.69, 9.17) is 14.2 Å². The van der Waals surface area contributed by atoms with Gasteiger partial charge < -0.3 is 14.2 Å². The van der Waals surface area contributed by atoms with E-state index < -0.39 is 6.10 Å². The summed E-state index contributed by atoms with van der Waals surface area (Å²) in [7, 11) is 0. The van der Waals surface area contributed by atoms with Crippen molar-refractivity contribution in [3.63, 3.8) is 0 Å². The van der Waals surface area contributed by atoms with Crippen molar-refractivity contribution in [3.05, 3.63) is 60.8 Å². The minimum absolute atomic E-state index is 0.0873. The van der Waals surface area contributed by atoms with Gasteiger partial charge in [-0.25, -0.2) is 0 Å². The van der Waals surface area contributed by atoms with Crippen LogP contribution in [0.2, 0.25) is 0 Å². The first-order valence-electron chi connectivity index (χ1n) is 25.8. The maximum atomic E-state index is 12.8. The Morgan fingerprint density at radius 3 is 1.08 bits per heavy atom. The molecule has 1 atom stereocenters. The highest BCUT2D eigenvalue weighted by atomic mass is 16.6. The molecule has 0 bridgehead atoms. The number of unbranched alkanes of at least 4 members (excludes halogenated alkanes) is 25. The van der Waals surface area contributed by atoms with Crippen LogP contribution in [0.25, 0.3) is 0 Å². The summed E-state index contributed by atoms with van der Waals surface area (Å²) in [5.41, 5.74) is 0. The number of hydrogen-bond acceptors (Lipinski definition) is 6. The second-order valence-electron chi connectivity index (χ2n) is 17.1. The Labute approximate surface area is 377 Å². The van der Waals surface area contributed by atoms with E-state index in [0.717, 1.165) is 96.3 Å². The zero-order chi connectivity index (χ0) is 44.4. The lowest BCUT2D eigenvalue weighted by molar-refractivity contribution is -0.167. The van der Waals surface area contributed by atoms with E-state index in [1.54, 1.807) is 0 Å². The van der Waals surface area contributed by atoms with E-state index in [2.05, 4.69) is 81.5 Å². The molecule has 0 aromatic rings. The molecule has 0 saturated carbocycles. The molecule has 0 amide bonds. The Balaban J connectivity index is 4.40. The lowest BCUT2D eigenvalue weighted by Gasteiger charge is -2.18. The molecule has 0 radical (unpaired) electrons. The molecule has 1 unspecified atom stereocenters. The number of carbonyl (C=O) groups excluding carboxylic acids is 3. The molecule has 352 valence electrons. The van der Waals surface area contributed by atoms with Gasteiger partial charge in [0.05, 0.1) is 0 Å². The Bertz CT molecular complexity index is 1120. The van der Waals surface area contributed by atoms with Gasteiger partial charge in [0.2, 0.25) is 0 Å². The number of allylic oxidation sites excluding steroid dienone is 10. The first-order valence-corrected chi connectivity index (χ1v) is 25.8. The van der Waals surface area contributed by atoms with Gasteiger partial charge in [0.15, 0.2) is 6.10 Å². The van der Waals surface area contributed by atoms with E-state index in [9.17, 15) is 14.4 Å². The van der Waals surface area contributed by atoms with Gasteiger partial charge in [-0.15, -0.1) is 0 Å². The molecule has 0 heterocycles. The Kier molecular flexibility index (Phi) is 47.4. The molecular weight excluding hydrogens is 757 g/mol. The Morgan fingerprint density at radius 1 is 0.344 bits per heavy atom. The molecule has 0 aliphatic heterocycles. The normalized spacial score (nSPS) is 12.5. The van der Waals surface area contributed by atoms with Crippen LogP contribution < -0.4 is 0 Å². The van der Waals surface area contributed by atoms with Crippen LogP contribution in [0, 0.1) is 0 Å². The van der Waals surface area contributed by atoms with Gasteiger partial charge in [0, 0.05) is 19.3 Å². The third kappa shape index (κ3) is 48.0. The van der Waals surface area contributed by atoms with Crippen molar-refractivity contribution in [1.82, 2.24) is 0 Å². The molecule has 0 aromatic heterocycles. The molecule has 0 aliphatic rings. The number of hydrogen-bond donors (Lipinski definition) is 0. The third-order valence-corrected chi connectivity index (χ3v) is 11.0. The van der Waals surface area contributed by atoms with Crippen LogP contribution in [0.3, 0.4) is 0 Å². The minimum Gasteiger partial charge on any atom is -0.462 e. The molecule has 0 saturated heterocycles. The molecule has 0 fully saturated rings. The molecule has 0 spiro atoms. The average molecular weight is 853 g/mol. The fourth-order valence-electron chi connectivity index (χ4n) is 7.12. The average Bonchev–Trinajstić information content (AvgIpc) is 3.26. The predicted molar refractivity (Wildman–Crippen MR) is 261 cm³/mol. The quantitative estimate of drug-likeness (QED) is 0.0263. The Hall–Kier alpha value is -2.89. The summed E-state index contributed by atoms with van der Waals surface area (Å²) in [6.07, 6.45) is 60.6. The van der Waals surface area contributed by atoms with Gasteiger partial charge >= 0.3 is 17.9 Å². The largest absolute Gasteiger partial charge is 0.462 e. The van der Waals surface area contributed by atoms with Crippen LogP contribution in [0.5, 0.6) is 0 Å². The van der Waals surface area contributed by atoms with E-state index in [1.807, 2.05) is 0 Å². The van der Waals surface area contributed by atoms with Gasteiger partial charge in [-0.2, -0.15) is 0 Å². The smallest absolute Gasteiger partial charge is 0.306 e. The molecule has 0 aromatic carbocycles. The summed E-state index contributed by atoms with van der Waals surface area (Å²) in [6, 6.07) is 0. The van der Waals surface area contributed by atoms with Crippen LogP contribution in [0.1, 0.15) is 252 Å². The fraction of sp³-hybridized carbons (Fsp3) is 0.764. The van der Waals surface area contributed by atoms with Crippen molar-refractivity contribution in [1.29, 1.82) is 0 Å². The monoisotopic (exact) mass is 853 g/mol. The van der Waals surface area contributed by atoms with Crippen molar-refractivity contribution in [3.8, 4) is 0 Å². The first-order chi connectivity index (χ1) is 30.0. The second kappa shape index (κ2) is 49.8. The molecule has 0 rings (SSSR count). The van der Waals surface area contributed by atoms with Gasteiger partial charge in [-0.3, -0.25) is 14.4 Å². The van der Waals surface area contributed by atoms with Crippen molar-refractivity contribution in [2.45, 2.75) is 258 Å². The van der Waals surface area contributed by atoms with Crippen LogP contribution in [-0.4, -0.2) is 37.2 Å². The number of rotatable bonds is 46. The van der Waals surface area contributed by atoms with E-state index >= 15 is 0 Å². The highest BCUT2D eigenvalue weighted by Gasteiger charge is 2.19. The standard InChI is InChI=1S/C55H96O6/c1-4-7-10-13-16-19-22-24-26-28-30-33-36-39-42-45-48-54(57)60-51-52(50-59-53(56)47-44-41-38-35-32-21-18-15-12-9-6-3)61-55(58)49-46-43-40-37-34-31-29-27-25-23-20-17-14-11-8-5-2/h7,10,15-16,18-19,24,26,30,33,52H,4-6,8-9,11-14,17,20-23,25,27-29,31-32,34-51H2,1-3H3/b10-7-,18-15-,19-16-,26-24-,33-30-. The van der Waals surface area contributed by atoms with Gasteiger partial charge in [0.25, 0.3) is 0 Å². The number of esters is 3. The lowest BCUT2D eigenvalue weighted by atomic mass is 10.0. The van der Waals surface area contributed by atoms with Crippen LogP contribution >= 0.6 is 0 Å². The van der Waals surface area contributed by atoms with Gasteiger partial charge in [-0.1, -0.05) is 216 Å². The summed E-state index contributed by atoms with van der Waals surface area (Å²) in [4.78, 5) is 37.9. The zero-order valence-corrected chi connectivity index (χ0v) is 40.2. The minimum atomic E-state index is -0.787. The maximum absolute atomic E-state index is 12.8. The topological polar surface area (TPSA) is 78.9 Å². The van der Waals surface area contributed by atoms with Gasteiger partial charge in [-0.05, 0) is 77.0 Å². The summed E-state index contributed by atoms with van der Waals surface area (Å²) < 4.78 is 16.8. The summed E-state index contributed by atoms with van der Waals surface area (Å²) >= 11 is 0. The van der Waals surface area contributed by atoms with Crippen molar-refractivity contribution < 1.29 is 28.6 Å². The highest BCUT2D eigenvalue weighted by molar-refractivity contribution is 5.71. The summed E-state index contributed by atoms with van der Waals surface area (Å²) in [5.74, 6) is -0.923. The van der Waals surface area contributed by atoms with Gasteiger partial charge in [0.1, 0.15) is 13.2 Å². The second-order valence-corrected chi connectivity index (χ2v) is 17.1. The van der Waals surface area contributed by atoms with Crippen LogP contribution in [-0.2, 0) is 28.6 Å². The van der Waals surface area contributed by atoms with Crippen molar-refractivity contribution in [2.75, 3.05) is 13.2 Å². The molecule has 61 heavy (non-hydrogen) atoms. The van der Waals surface area contributed by atoms with E-state index in [1.165, 1.54) is 116 Å². The summed E-state index contributed by atoms with van der Waals surface area (Å²) in [5, 5.41) is 0. The SMILES string of the molecule is CC/C=C\C/C=C\C/C=C\C/C=C\CCCCCC(=O)OCC(COC(=O)CCCCCCC/C=C\CCCC)OC(=O)CCCCCCCCCCCCCCCCCC. The lowest BCUT2D eigenvalue weighted by Crippen LogP contribution is -2.30. The van der Waals surface area contributed by atoms with E-state index in [-0.39, 0.29) is 31.1 Å². The van der Waals surface area contributed by atoms with E-state index in [0.29, 0.717) is 19.3 Å². The number of ether oxygens (including phenoxy) is 3. The molecule has 6 nitrogen and oxygen atoms in total. The highest BCUT2D eigenvalue weighted by Crippen LogP contribution is 2.15. The molecule has 6 heteroatoms. The summed E-state index contributed by atoms with van der Waals surface area (Å²) in [6.45, 7) is 6.46. The third-order valence-electron chi connectivity index (χ3n) is 11.0. The molecular formula is C55H96O6.